The first-order valence-electron chi connectivity index (χ1n) is 5.71. The minimum atomic E-state index is -0.224. The van der Waals surface area contributed by atoms with E-state index in [1.54, 1.807) is 16.9 Å². The topological polar surface area (TPSA) is 29.9 Å². The standard InChI is InChI=1S/C13H15ClFN3/c1-16-12(13-11(14)8-17-18(13)2)7-9-4-3-5-10(15)6-9/h3-6,8,12,16H,7H2,1-2H3. The highest BCUT2D eigenvalue weighted by Gasteiger charge is 2.18. The zero-order chi connectivity index (χ0) is 13.1. The molecule has 2 rings (SSSR count). The van der Waals surface area contributed by atoms with Crippen molar-refractivity contribution in [3.8, 4) is 0 Å². The highest BCUT2D eigenvalue weighted by molar-refractivity contribution is 6.31. The molecule has 0 saturated heterocycles. The number of hydrogen-bond donors (Lipinski definition) is 1. The van der Waals surface area contributed by atoms with Gasteiger partial charge >= 0.3 is 0 Å². The molecule has 0 radical (unpaired) electrons. The van der Waals surface area contributed by atoms with Crippen LogP contribution in [0.1, 0.15) is 17.3 Å². The van der Waals surface area contributed by atoms with Gasteiger partial charge in [-0.2, -0.15) is 5.10 Å². The Morgan fingerprint density at radius 3 is 2.83 bits per heavy atom. The molecule has 0 aliphatic heterocycles. The number of benzene rings is 1. The normalized spacial score (nSPS) is 12.7. The van der Waals surface area contributed by atoms with Crippen LogP contribution in [0.2, 0.25) is 5.02 Å². The van der Waals surface area contributed by atoms with Crippen LogP contribution >= 0.6 is 11.6 Å². The Hall–Kier alpha value is -1.39. The molecule has 1 unspecified atom stereocenters. The van der Waals surface area contributed by atoms with Gasteiger partial charge in [-0.1, -0.05) is 23.7 Å². The summed E-state index contributed by atoms with van der Waals surface area (Å²) in [6.07, 6.45) is 2.28. The zero-order valence-electron chi connectivity index (χ0n) is 10.3. The van der Waals surface area contributed by atoms with Gasteiger partial charge in [0.1, 0.15) is 5.82 Å². The van der Waals surface area contributed by atoms with E-state index in [0.717, 1.165) is 11.3 Å². The molecule has 0 bridgehead atoms. The Morgan fingerprint density at radius 1 is 1.50 bits per heavy atom. The minimum Gasteiger partial charge on any atom is -0.311 e. The highest BCUT2D eigenvalue weighted by atomic mass is 35.5. The Kier molecular flexibility index (Phi) is 3.99. The van der Waals surface area contributed by atoms with E-state index in [2.05, 4.69) is 10.4 Å². The zero-order valence-corrected chi connectivity index (χ0v) is 11.1. The number of aromatic nitrogens is 2. The molecule has 0 amide bonds. The lowest BCUT2D eigenvalue weighted by atomic mass is 10.0. The second-order valence-corrected chi connectivity index (χ2v) is 4.58. The van der Waals surface area contributed by atoms with Gasteiger partial charge in [0.05, 0.1) is 23.0 Å². The van der Waals surface area contributed by atoms with Crippen LogP contribution in [0, 0.1) is 5.82 Å². The molecule has 1 N–H and O–H groups in total. The van der Waals surface area contributed by atoms with Crippen molar-refractivity contribution in [2.75, 3.05) is 7.05 Å². The lowest BCUT2D eigenvalue weighted by molar-refractivity contribution is 0.535. The number of nitrogens with one attached hydrogen (secondary N) is 1. The molecule has 1 aromatic heterocycles. The van der Waals surface area contributed by atoms with Crippen molar-refractivity contribution in [1.82, 2.24) is 15.1 Å². The van der Waals surface area contributed by atoms with Crippen molar-refractivity contribution in [3.63, 3.8) is 0 Å². The smallest absolute Gasteiger partial charge is 0.123 e. The molecular formula is C13H15ClFN3. The van der Waals surface area contributed by atoms with Crippen LogP contribution in [0.4, 0.5) is 4.39 Å². The van der Waals surface area contributed by atoms with Gasteiger partial charge in [-0.15, -0.1) is 0 Å². The van der Waals surface area contributed by atoms with Gasteiger partial charge in [-0.25, -0.2) is 4.39 Å². The summed E-state index contributed by atoms with van der Waals surface area (Å²) < 4.78 is 14.9. The average molecular weight is 268 g/mol. The molecule has 1 atom stereocenters. The van der Waals surface area contributed by atoms with Crippen LogP contribution in [-0.4, -0.2) is 16.8 Å². The molecule has 5 heteroatoms. The summed E-state index contributed by atoms with van der Waals surface area (Å²) in [4.78, 5) is 0. The summed E-state index contributed by atoms with van der Waals surface area (Å²) in [6, 6.07) is 6.59. The number of nitrogens with zero attached hydrogens (tertiary/aromatic N) is 2. The maximum Gasteiger partial charge on any atom is 0.123 e. The number of aryl methyl sites for hydroxylation is 1. The van der Waals surface area contributed by atoms with Crippen molar-refractivity contribution in [2.45, 2.75) is 12.5 Å². The molecule has 0 fully saturated rings. The molecule has 1 aromatic carbocycles. The molecular weight excluding hydrogens is 253 g/mol. The molecule has 2 aromatic rings. The van der Waals surface area contributed by atoms with Crippen molar-refractivity contribution in [1.29, 1.82) is 0 Å². The van der Waals surface area contributed by atoms with Crippen LogP contribution in [0.3, 0.4) is 0 Å². The van der Waals surface area contributed by atoms with Gasteiger partial charge in [0.25, 0.3) is 0 Å². The molecule has 96 valence electrons. The molecule has 0 aliphatic rings. The van der Waals surface area contributed by atoms with Gasteiger partial charge in [0.15, 0.2) is 0 Å². The summed E-state index contributed by atoms with van der Waals surface area (Å²) in [5.74, 6) is -0.224. The first-order valence-corrected chi connectivity index (χ1v) is 6.08. The van der Waals surface area contributed by atoms with Crippen molar-refractivity contribution < 1.29 is 4.39 Å². The summed E-state index contributed by atoms with van der Waals surface area (Å²) in [5, 5.41) is 7.92. The van der Waals surface area contributed by atoms with Crippen molar-refractivity contribution >= 4 is 11.6 Å². The predicted octanol–water partition coefficient (Wildman–Crippen LogP) is 2.72. The third kappa shape index (κ3) is 2.71. The quantitative estimate of drug-likeness (QED) is 0.923. The Bertz CT molecular complexity index is 519. The van der Waals surface area contributed by atoms with E-state index in [0.29, 0.717) is 11.4 Å². The Balaban J connectivity index is 2.25. The van der Waals surface area contributed by atoms with Gasteiger partial charge in [-0.3, -0.25) is 4.68 Å². The van der Waals surface area contributed by atoms with Crippen molar-refractivity contribution in [3.05, 3.63) is 52.6 Å². The Labute approximate surface area is 111 Å². The van der Waals surface area contributed by atoms with Gasteiger partial charge in [0.2, 0.25) is 0 Å². The molecule has 3 nitrogen and oxygen atoms in total. The number of rotatable bonds is 4. The lowest BCUT2D eigenvalue weighted by Crippen LogP contribution is -2.22. The second kappa shape index (κ2) is 5.50. The van der Waals surface area contributed by atoms with E-state index in [4.69, 9.17) is 11.6 Å². The highest BCUT2D eigenvalue weighted by Crippen LogP contribution is 2.25. The number of halogens is 2. The first kappa shape index (κ1) is 13.1. The van der Waals surface area contributed by atoms with Gasteiger partial charge in [-0.05, 0) is 31.2 Å². The van der Waals surface area contributed by atoms with Crippen LogP contribution in [0.25, 0.3) is 0 Å². The summed E-state index contributed by atoms with van der Waals surface area (Å²) >= 11 is 6.12. The first-order chi connectivity index (χ1) is 8.61. The van der Waals surface area contributed by atoms with E-state index < -0.39 is 0 Å². The van der Waals surface area contributed by atoms with Gasteiger partial charge in [0, 0.05) is 7.05 Å². The predicted molar refractivity (Wildman–Crippen MR) is 70.1 cm³/mol. The molecule has 0 spiro atoms. The van der Waals surface area contributed by atoms with Crippen LogP contribution in [0.5, 0.6) is 0 Å². The summed E-state index contributed by atoms with van der Waals surface area (Å²) in [7, 11) is 3.70. The van der Waals surface area contributed by atoms with E-state index in [-0.39, 0.29) is 11.9 Å². The summed E-state index contributed by atoms with van der Waals surface area (Å²) in [5.41, 5.74) is 1.83. The second-order valence-electron chi connectivity index (χ2n) is 4.18. The van der Waals surface area contributed by atoms with Crippen LogP contribution in [-0.2, 0) is 13.5 Å². The van der Waals surface area contributed by atoms with E-state index in [1.807, 2.05) is 20.2 Å². The Morgan fingerprint density at radius 2 is 2.28 bits per heavy atom. The van der Waals surface area contributed by atoms with Crippen LogP contribution in [0.15, 0.2) is 30.5 Å². The third-order valence-corrected chi connectivity index (χ3v) is 3.24. The third-order valence-electron chi connectivity index (χ3n) is 2.95. The molecule has 0 saturated carbocycles. The largest absolute Gasteiger partial charge is 0.311 e. The van der Waals surface area contributed by atoms with Gasteiger partial charge < -0.3 is 5.32 Å². The number of likely N-dealkylation sites (N-methyl/N-ethyl adjacent to an activating group) is 1. The van der Waals surface area contributed by atoms with Crippen LogP contribution < -0.4 is 5.32 Å². The van der Waals surface area contributed by atoms with E-state index in [1.165, 1.54) is 12.1 Å². The minimum absolute atomic E-state index is 0.00630. The fraction of sp³-hybridized carbons (Fsp3) is 0.308. The average Bonchev–Trinajstić information content (AvgIpc) is 2.67. The lowest BCUT2D eigenvalue weighted by Gasteiger charge is -2.17. The maximum atomic E-state index is 13.2. The van der Waals surface area contributed by atoms with E-state index in [9.17, 15) is 4.39 Å². The SMILES string of the molecule is CNC(Cc1cccc(F)c1)c1c(Cl)cnn1C. The van der Waals surface area contributed by atoms with Crippen molar-refractivity contribution in [2.24, 2.45) is 7.05 Å². The molecule has 18 heavy (non-hydrogen) atoms. The monoisotopic (exact) mass is 267 g/mol. The fourth-order valence-corrected chi connectivity index (χ4v) is 2.34. The summed E-state index contributed by atoms with van der Waals surface area (Å²) in [6.45, 7) is 0. The van der Waals surface area contributed by atoms with E-state index >= 15 is 0 Å². The molecule has 0 aliphatic carbocycles. The fourth-order valence-electron chi connectivity index (χ4n) is 2.05. The number of hydrogen-bond acceptors (Lipinski definition) is 2. The molecule has 1 heterocycles. The maximum absolute atomic E-state index is 13.2.